The first-order valence-electron chi connectivity index (χ1n) is 7.44. The lowest BCUT2D eigenvalue weighted by molar-refractivity contribution is -0.122. The summed E-state index contributed by atoms with van der Waals surface area (Å²) in [7, 11) is 0. The zero-order valence-corrected chi connectivity index (χ0v) is 12.4. The number of amides is 1. The summed E-state index contributed by atoms with van der Waals surface area (Å²) in [5.74, 6) is 0.0411. The summed E-state index contributed by atoms with van der Waals surface area (Å²) in [5, 5.41) is 6.33. The monoisotopic (exact) mass is 280 g/mol. The van der Waals surface area contributed by atoms with E-state index in [0.29, 0.717) is 6.54 Å². The zero-order valence-electron chi connectivity index (χ0n) is 12.4. The summed E-state index contributed by atoms with van der Waals surface area (Å²) in [4.78, 5) is 12.0. The van der Waals surface area contributed by atoms with Crippen molar-refractivity contribution in [2.75, 3.05) is 6.54 Å². The van der Waals surface area contributed by atoms with Gasteiger partial charge in [0, 0.05) is 6.54 Å². The molecule has 0 heterocycles. The molecule has 0 fully saturated rings. The molecular formula is C18H20N2O. The van der Waals surface area contributed by atoms with Crippen LogP contribution in [0.3, 0.4) is 0 Å². The van der Waals surface area contributed by atoms with Crippen molar-refractivity contribution in [3.8, 4) is 11.1 Å². The summed E-state index contributed by atoms with van der Waals surface area (Å²) in [6.07, 6.45) is 0. The highest BCUT2D eigenvalue weighted by Gasteiger charge is 2.29. The maximum atomic E-state index is 12.0. The van der Waals surface area contributed by atoms with Crippen molar-refractivity contribution >= 4 is 5.91 Å². The van der Waals surface area contributed by atoms with Crippen molar-refractivity contribution in [1.29, 1.82) is 0 Å². The van der Waals surface area contributed by atoms with Gasteiger partial charge in [0.25, 0.3) is 0 Å². The molecule has 2 aromatic rings. The Balaban J connectivity index is 1.94. The molecule has 1 aliphatic rings. The lowest BCUT2D eigenvalue weighted by atomic mass is 10.0. The number of rotatable bonds is 4. The molecule has 1 aliphatic carbocycles. The first-order chi connectivity index (χ1) is 10.2. The van der Waals surface area contributed by atoms with Crippen LogP contribution in [-0.2, 0) is 4.79 Å². The van der Waals surface area contributed by atoms with Crippen molar-refractivity contribution in [2.24, 2.45) is 0 Å². The highest BCUT2D eigenvalue weighted by atomic mass is 16.2. The lowest BCUT2D eigenvalue weighted by Gasteiger charge is -2.21. The lowest BCUT2D eigenvalue weighted by Crippen LogP contribution is -2.43. The van der Waals surface area contributed by atoms with E-state index in [9.17, 15) is 4.79 Å². The molecule has 3 nitrogen and oxygen atoms in total. The Morgan fingerprint density at radius 3 is 2.10 bits per heavy atom. The van der Waals surface area contributed by atoms with E-state index in [2.05, 4.69) is 59.2 Å². The van der Waals surface area contributed by atoms with Gasteiger partial charge >= 0.3 is 0 Å². The molecule has 21 heavy (non-hydrogen) atoms. The van der Waals surface area contributed by atoms with Gasteiger partial charge in [-0.25, -0.2) is 0 Å². The number of benzene rings is 2. The second-order valence-corrected chi connectivity index (χ2v) is 5.39. The van der Waals surface area contributed by atoms with Crippen LogP contribution in [0, 0.1) is 0 Å². The summed E-state index contributed by atoms with van der Waals surface area (Å²) in [6.45, 7) is 4.50. The van der Waals surface area contributed by atoms with Gasteiger partial charge < -0.3 is 5.32 Å². The molecule has 2 aromatic carbocycles. The molecule has 0 aromatic heterocycles. The molecule has 108 valence electrons. The molecule has 1 atom stereocenters. The largest absolute Gasteiger partial charge is 0.355 e. The van der Waals surface area contributed by atoms with Crippen LogP contribution in [-0.4, -0.2) is 18.5 Å². The van der Waals surface area contributed by atoms with Gasteiger partial charge in [0.2, 0.25) is 5.91 Å². The van der Waals surface area contributed by atoms with Gasteiger partial charge in [0.05, 0.1) is 12.1 Å². The summed E-state index contributed by atoms with van der Waals surface area (Å²) in [5.41, 5.74) is 5.01. The van der Waals surface area contributed by atoms with E-state index in [-0.39, 0.29) is 18.0 Å². The molecule has 0 spiro atoms. The Hall–Kier alpha value is -2.13. The molecule has 2 N–H and O–H groups in total. The second kappa shape index (κ2) is 5.70. The molecule has 1 unspecified atom stereocenters. The molecule has 0 saturated heterocycles. The molecule has 3 rings (SSSR count). The molecule has 0 aliphatic heterocycles. The summed E-state index contributed by atoms with van der Waals surface area (Å²) in [6, 6.07) is 16.6. The molecule has 0 saturated carbocycles. The fraction of sp³-hybridized carbons (Fsp3) is 0.278. The first-order valence-corrected chi connectivity index (χ1v) is 7.44. The van der Waals surface area contributed by atoms with E-state index in [1.165, 1.54) is 22.3 Å². The number of fused-ring (bicyclic) bond motifs is 3. The van der Waals surface area contributed by atoms with Crippen molar-refractivity contribution in [3.63, 3.8) is 0 Å². The van der Waals surface area contributed by atoms with Crippen LogP contribution in [0.25, 0.3) is 11.1 Å². The van der Waals surface area contributed by atoms with Crippen LogP contribution in [0.1, 0.15) is 31.0 Å². The zero-order chi connectivity index (χ0) is 14.8. The van der Waals surface area contributed by atoms with Crippen molar-refractivity contribution < 1.29 is 4.79 Å². The maximum Gasteiger partial charge on any atom is 0.236 e. The van der Waals surface area contributed by atoms with Crippen molar-refractivity contribution in [1.82, 2.24) is 10.6 Å². The van der Waals surface area contributed by atoms with E-state index < -0.39 is 0 Å². The number of hydrogen-bond acceptors (Lipinski definition) is 2. The normalized spacial score (nSPS) is 14.4. The average Bonchev–Trinajstić information content (AvgIpc) is 2.82. The Labute approximate surface area is 125 Å². The van der Waals surface area contributed by atoms with Gasteiger partial charge in [-0.2, -0.15) is 0 Å². The number of carbonyl (C=O) groups excluding carboxylic acids is 1. The minimum atomic E-state index is -0.228. The van der Waals surface area contributed by atoms with Crippen LogP contribution in [0.4, 0.5) is 0 Å². The summed E-state index contributed by atoms with van der Waals surface area (Å²) >= 11 is 0. The van der Waals surface area contributed by atoms with Crippen LogP contribution in [0.15, 0.2) is 48.5 Å². The Morgan fingerprint density at radius 2 is 1.57 bits per heavy atom. The van der Waals surface area contributed by atoms with E-state index >= 15 is 0 Å². The number of nitrogens with one attached hydrogen (secondary N) is 2. The van der Waals surface area contributed by atoms with Gasteiger partial charge in [-0.15, -0.1) is 0 Å². The third-order valence-electron chi connectivity index (χ3n) is 3.99. The molecule has 0 radical (unpaired) electrons. The van der Waals surface area contributed by atoms with E-state index in [4.69, 9.17) is 0 Å². The highest BCUT2D eigenvalue weighted by Crippen LogP contribution is 2.43. The van der Waals surface area contributed by atoms with Crippen LogP contribution >= 0.6 is 0 Å². The van der Waals surface area contributed by atoms with E-state index in [1.54, 1.807) is 0 Å². The molecule has 1 amide bonds. The fourth-order valence-electron chi connectivity index (χ4n) is 2.99. The number of hydrogen-bond donors (Lipinski definition) is 2. The van der Waals surface area contributed by atoms with Crippen LogP contribution in [0.2, 0.25) is 0 Å². The fourth-order valence-corrected chi connectivity index (χ4v) is 2.99. The van der Waals surface area contributed by atoms with Crippen molar-refractivity contribution in [3.05, 3.63) is 59.7 Å². The Kier molecular flexibility index (Phi) is 3.76. The van der Waals surface area contributed by atoms with Gasteiger partial charge in [0.15, 0.2) is 0 Å². The minimum Gasteiger partial charge on any atom is -0.355 e. The van der Waals surface area contributed by atoms with Gasteiger partial charge in [-0.3, -0.25) is 10.1 Å². The Bertz CT molecular complexity index is 620. The SMILES string of the molecule is CCNC(=O)C(C)NC1c2ccccc2-c2ccccc21. The molecule has 0 bridgehead atoms. The summed E-state index contributed by atoms with van der Waals surface area (Å²) < 4.78 is 0. The minimum absolute atomic E-state index is 0.0411. The second-order valence-electron chi connectivity index (χ2n) is 5.39. The number of carbonyl (C=O) groups is 1. The van der Waals surface area contributed by atoms with Crippen molar-refractivity contribution in [2.45, 2.75) is 25.9 Å². The predicted octanol–water partition coefficient (Wildman–Crippen LogP) is 2.87. The first kappa shape index (κ1) is 13.8. The third kappa shape index (κ3) is 2.45. The van der Waals surface area contributed by atoms with E-state index in [1.807, 2.05) is 13.8 Å². The predicted molar refractivity (Wildman–Crippen MR) is 85.0 cm³/mol. The third-order valence-corrected chi connectivity index (χ3v) is 3.99. The smallest absolute Gasteiger partial charge is 0.236 e. The maximum absolute atomic E-state index is 12.0. The quantitative estimate of drug-likeness (QED) is 0.904. The van der Waals surface area contributed by atoms with Crippen LogP contribution in [0.5, 0.6) is 0 Å². The topological polar surface area (TPSA) is 41.1 Å². The van der Waals surface area contributed by atoms with E-state index in [0.717, 1.165) is 0 Å². The standard InChI is InChI=1S/C18H20N2O/c1-3-19-18(21)12(2)20-17-15-10-6-4-8-13(15)14-9-5-7-11-16(14)17/h4-12,17,20H,3H2,1-2H3,(H,19,21). The van der Waals surface area contributed by atoms with Gasteiger partial charge in [0.1, 0.15) is 0 Å². The number of likely N-dealkylation sites (N-methyl/N-ethyl adjacent to an activating group) is 1. The highest BCUT2D eigenvalue weighted by molar-refractivity contribution is 5.82. The van der Waals surface area contributed by atoms with Gasteiger partial charge in [-0.1, -0.05) is 48.5 Å². The van der Waals surface area contributed by atoms with Gasteiger partial charge in [-0.05, 0) is 36.1 Å². The molecular weight excluding hydrogens is 260 g/mol. The average molecular weight is 280 g/mol. The molecule has 3 heteroatoms. The van der Waals surface area contributed by atoms with Crippen LogP contribution < -0.4 is 10.6 Å². The Morgan fingerprint density at radius 1 is 1.05 bits per heavy atom.